The van der Waals surface area contributed by atoms with E-state index in [-0.39, 0.29) is 43.2 Å². The summed E-state index contributed by atoms with van der Waals surface area (Å²) in [6.07, 6.45) is 0.110. The molecular weight excluding hydrogens is 270 g/mol. The van der Waals surface area contributed by atoms with Crippen LogP contribution < -0.4 is 10.9 Å². The van der Waals surface area contributed by atoms with E-state index in [4.69, 9.17) is 0 Å². The van der Waals surface area contributed by atoms with E-state index in [1.54, 1.807) is 6.92 Å². The molecule has 0 unspecified atom stereocenters. The number of hydrogen-bond donors (Lipinski definition) is 1. The zero-order chi connectivity index (χ0) is 14.9. The van der Waals surface area contributed by atoms with Gasteiger partial charge in [-0.15, -0.1) is 4.91 Å². The first-order chi connectivity index (χ1) is 9.34. The Balaban J connectivity index is 2.22. The number of hydrogen-bond acceptors (Lipinski definition) is 5. The van der Waals surface area contributed by atoms with Crippen LogP contribution in [-0.4, -0.2) is 21.5 Å². The number of aromatic nitrogens is 2. The summed E-state index contributed by atoms with van der Waals surface area (Å²) in [6.45, 7) is 1.62. The van der Waals surface area contributed by atoms with Crippen LogP contribution in [0.15, 0.2) is 9.97 Å². The topological polar surface area (TPSA) is 76.3 Å². The second-order valence-corrected chi connectivity index (χ2v) is 5.09. The van der Waals surface area contributed by atoms with E-state index in [1.807, 2.05) is 0 Å². The van der Waals surface area contributed by atoms with Gasteiger partial charge in [-0.05, 0) is 24.9 Å². The molecule has 0 amide bonds. The summed E-state index contributed by atoms with van der Waals surface area (Å²) in [6, 6.07) is -0.228. The van der Waals surface area contributed by atoms with Gasteiger partial charge in [-0.3, -0.25) is 9.36 Å². The molecule has 0 aromatic carbocycles. The lowest BCUT2D eigenvalue weighted by atomic mass is 9.92. The summed E-state index contributed by atoms with van der Waals surface area (Å²) >= 11 is 0. The SMILES string of the molecule is Cc1nc(NC2CCC(F)(F)CC2)c(N=O)c(=O)n1C. The summed E-state index contributed by atoms with van der Waals surface area (Å²) in [5.41, 5.74) is -0.855. The van der Waals surface area contributed by atoms with Gasteiger partial charge >= 0.3 is 0 Å². The maximum Gasteiger partial charge on any atom is 0.285 e. The Labute approximate surface area is 114 Å². The lowest BCUT2D eigenvalue weighted by Gasteiger charge is -2.29. The molecular formula is C12H16F2N4O2. The van der Waals surface area contributed by atoms with Gasteiger partial charge in [0.1, 0.15) is 5.82 Å². The van der Waals surface area contributed by atoms with E-state index in [0.717, 1.165) is 0 Å². The summed E-state index contributed by atoms with van der Waals surface area (Å²) in [4.78, 5) is 26.8. The van der Waals surface area contributed by atoms with Gasteiger partial charge in [0, 0.05) is 25.9 Å². The van der Waals surface area contributed by atoms with Crippen LogP contribution in [0.1, 0.15) is 31.5 Å². The fraction of sp³-hybridized carbons (Fsp3) is 0.667. The third-order valence-electron chi connectivity index (χ3n) is 3.64. The Morgan fingerprint density at radius 1 is 1.40 bits per heavy atom. The predicted octanol–water partition coefficient (Wildman–Crippen LogP) is 2.48. The van der Waals surface area contributed by atoms with E-state index in [1.165, 1.54) is 11.6 Å². The number of alkyl halides is 2. The lowest BCUT2D eigenvalue weighted by Crippen LogP contribution is -2.33. The molecule has 0 radical (unpaired) electrons. The number of aryl methyl sites for hydroxylation is 1. The van der Waals surface area contributed by atoms with E-state index in [0.29, 0.717) is 5.82 Å². The van der Waals surface area contributed by atoms with Gasteiger partial charge in [0.05, 0.1) is 0 Å². The molecule has 1 aromatic rings. The molecule has 0 saturated heterocycles. The van der Waals surface area contributed by atoms with E-state index in [2.05, 4.69) is 15.5 Å². The highest BCUT2D eigenvalue weighted by Gasteiger charge is 2.35. The number of nitroso groups, excluding NO2 is 1. The zero-order valence-electron chi connectivity index (χ0n) is 11.3. The Kier molecular flexibility index (Phi) is 3.82. The molecule has 0 aliphatic heterocycles. The van der Waals surface area contributed by atoms with Gasteiger partial charge in [-0.2, -0.15) is 0 Å². The maximum atomic E-state index is 13.1. The predicted molar refractivity (Wildman–Crippen MR) is 70.5 cm³/mol. The van der Waals surface area contributed by atoms with Crippen molar-refractivity contribution in [3.05, 3.63) is 21.1 Å². The lowest BCUT2D eigenvalue weighted by molar-refractivity contribution is -0.0361. The Morgan fingerprint density at radius 3 is 2.55 bits per heavy atom. The van der Waals surface area contributed by atoms with Crippen LogP contribution in [0.2, 0.25) is 0 Å². The molecule has 0 atom stereocenters. The highest BCUT2D eigenvalue weighted by atomic mass is 19.3. The molecule has 0 spiro atoms. The van der Waals surface area contributed by atoms with Crippen LogP contribution in [0.3, 0.4) is 0 Å². The quantitative estimate of drug-likeness (QED) is 0.866. The van der Waals surface area contributed by atoms with E-state index < -0.39 is 11.5 Å². The molecule has 1 saturated carbocycles. The van der Waals surface area contributed by atoms with Gasteiger partial charge in [-0.25, -0.2) is 13.8 Å². The Morgan fingerprint density at radius 2 is 2.00 bits per heavy atom. The maximum absolute atomic E-state index is 13.1. The van der Waals surface area contributed by atoms with Crippen molar-refractivity contribution in [2.45, 2.75) is 44.6 Å². The third kappa shape index (κ3) is 2.83. The van der Waals surface area contributed by atoms with Crippen molar-refractivity contribution in [3.8, 4) is 0 Å². The monoisotopic (exact) mass is 286 g/mol. The van der Waals surface area contributed by atoms with E-state index >= 15 is 0 Å². The summed E-state index contributed by atoms with van der Waals surface area (Å²) < 4.78 is 27.4. The van der Waals surface area contributed by atoms with Crippen LogP contribution in [0.4, 0.5) is 20.3 Å². The molecule has 110 valence electrons. The summed E-state index contributed by atoms with van der Waals surface area (Å²) in [7, 11) is 1.49. The molecule has 6 nitrogen and oxygen atoms in total. The minimum atomic E-state index is -2.62. The normalized spacial score (nSPS) is 18.8. The minimum Gasteiger partial charge on any atom is -0.365 e. The Bertz CT molecular complexity index is 576. The van der Waals surface area contributed by atoms with Crippen molar-refractivity contribution < 1.29 is 8.78 Å². The molecule has 1 aromatic heterocycles. The largest absolute Gasteiger partial charge is 0.365 e. The average Bonchev–Trinajstić information content (AvgIpc) is 2.39. The van der Waals surface area contributed by atoms with Crippen LogP contribution in [0, 0.1) is 11.8 Å². The van der Waals surface area contributed by atoms with Crippen LogP contribution in [-0.2, 0) is 7.05 Å². The van der Waals surface area contributed by atoms with Crippen molar-refractivity contribution in [1.29, 1.82) is 0 Å². The highest BCUT2D eigenvalue weighted by molar-refractivity contribution is 5.59. The Hall–Kier alpha value is -1.86. The second kappa shape index (κ2) is 5.26. The molecule has 20 heavy (non-hydrogen) atoms. The van der Waals surface area contributed by atoms with Gasteiger partial charge in [-0.1, -0.05) is 0 Å². The van der Waals surface area contributed by atoms with Crippen LogP contribution in [0.5, 0.6) is 0 Å². The molecule has 0 bridgehead atoms. The van der Waals surface area contributed by atoms with Crippen molar-refractivity contribution in [3.63, 3.8) is 0 Å². The molecule has 1 aliphatic carbocycles. The number of anilines is 1. The smallest absolute Gasteiger partial charge is 0.285 e. The van der Waals surface area contributed by atoms with Crippen molar-refractivity contribution in [1.82, 2.24) is 9.55 Å². The molecule has 1 heterocycles. The fourth-order valence-corrected chi connectivity index (χ4v) is 2.26. The second-order valence-electron chi connectivity index (χ2n) is 5.09. The summed E-state index contributed by atoms with van der Waals surface area (Å²) in [5.74, 6) is -2.12. The number of rotatable bonds is 3. The fourth-order valence-electron chi connectivity index (χ4n) is 2.26. The van der Waals surface area contributed by atoms with Crippen molar-refractivity contribution in [2.75, 3.05) is 5.32 Å². The van der Waals surface area contributed by atoms with Crippen LogP contribution >= 0.6 is 0 Å². The first-order valence-electron chi connectivity index (χ1n) is 6.39. The first-order valence-corrected chi connectivity index (χ1v) is 6.39. The number of halogens is 2. The van der Waals surface area contributed by atoms with Crippen LogP contribution in [0.25, 0.3) is 0 Å². The van der Waals surface area contributed by atoms with Gasteiger partial charge in [0.2, 0.25) is 11.6 Å². The molecule has 1 aliphatic rings. The first kappa shape index (κ1) is 14.5. The molecule has 1 fully saturated rings. The van der Waals surface area contributed by atoms with E-state index in [9.17, 15) is 18.5 Å². The molecule has 1 N–H and O–H groups in total. The van der Waals surface area contributed by atoms with Crippen molar-refractivity contribution in [2.24, 2.45) is 12.2 Å². The minimum absolute atomic E-state index is 0.0795. The molecule has 8 heteroatoms. The van der Waals surface area contributed by atoms with Gasteiger partial charge in [0.25, 0.3) is 5.56 Å². The van der Waals surface area contributed by atoms with Crippen molar-refractivity contribution >= 4 is 11.5 Å². The molecule has 2 rings (SSSR count). The number of nitrogens with zero attached hydrogens (tertiary/aromatic N) is 3. The third-order valence-corrected chi connectivity index (χ3v) is 3.64. The number of nitrogens with one attached hydrogen (secondary N) is 1. The highest BCUT2D eigenvalue weighted by Crippen LogP contribution is 2.34. The van der Waals surface area contributed by atoms with Gasteiger partial charge < -0.3 is 5.32 Å². The summed E-state index contributed by atoms with van der Waals surface area (Å²) in [5, 5.41) is 5.61. The standard InChI is InChI=1S/C12H16F2N4O2/c1-7-15-10(9(17-20)11(19)18(7)2)16-8-3-5-12(13,14)6-4-8/h8,16H,3-6H2,1-2H3. The zero-order valence-corrected chi connectivity index (χ0v) is 11.3. The average molecular weight is 286 g/mol. The van der Waals surface area contributed by atoms with Gasteiger partial charge in [0.15, 0.2) is 5.82 Å².